The van der Waals surface area contributed by atoms with E-state index in [0.29, 0.717) is 24.5 Å². The van der Waals surface area contributed by atoms with Crippen molar-refractivity contribution in [2.24, 2.45) is 0 Å². The average Bonchev–Trinajstić information content (AvgIpc) is 3.29. The third-order valence-corrected chi connectivity index (χ3v) is 7.15. The maximum absolute atomic E-state index is 12.8. The molecule has 25 heavy (non-hydrogen) atoms. The highest BCUT2D eigenvalue weighted by Crippen LogP contribution is 2.32. The summed E-state index contributed by atoms with van der Waals surface area (Å²) in [5, 5.41) is 2.84. The van der Waals surface area contributed by atoms with E-state index in [0.717, 1.165) is 29.0 Å². The Balaban J connectivity index is 1.94. The first-order valence-corrected chi connectivity index (χ1v) is 10.4. The summed E-state index contributed by atoms with van der Waals surface area (Å²) in [5.74, 6) is 0. The van der Waals surface area contributed by atoms with Crippen LogP contribution in [0, 0.1) is 0 Å². The van der Waals surface area contributed by atoms with E-state index in [1.807, 2.05) is 30.5 Å². The Kier molecular flexibility index (Phi) is 5.12. The van der Waals surface area contributed by atoms with Crippen LogP contribution < -0.4 is 10.0 Å². The molecule has 2 N–H and O–H groups in total. The van der Waals surface area contributed by atoms with Gasteiger partial charge in [-0.2, -0.15) is 12.7 Å². The highest BCUT2D eigenvalue weighted by atomic mass is 32.2. The Morgan fingerprint density at radius 2 is 2.08 bits per heavy atom. The lowest BCUT2D eigenvalue weighted by Crippen LogP contribution is -2.40. The van der Waals surface area contributed by atoms with Crippen LogP contribution in [-0.2, 0) is 10.2 Å². The molecule has 0 aliphatic carbocycles. The van der Waals surface area contributed by atoms with Gasteiger partial charge in [0.1, 0.15) is 5.01 Å². The second-order valence-electron chi connectivity index (χ2n) is 6.03. The van der Waals surface area contributed by atoms with Crippen LogP contribution in [0.1, 0.15) is 30.3 Å². The minimum Gasteiger partial charge on any atom is -0.397 e. The predicted molar refractivity (Wildman–Crippen MR) is 105 cm³/mol. The molecule has 1 aliphatic rings. The van der Waals surface area contributed by atoms with E-state index in [1.165, 1.54) is 8.61 Å². The van der Waals surface area contributed by atoms with Gasteiger partial charge in [0.25, 0.3) is 0 Å². The van der Waals surface area contributed by atoms with Gasteiger partial charge in [0.15, 0.2) is 0 Å². The standard InChI is InChI=1S/C17H22N4O2S2/c1-13(17-19-8-11-24-17)12-14-6-5-7-15(16(14)18)20(2)25(22,23)21-9-3-4-10-21/h5-8,11-12H,3-4,9-10,18H2,1-2H3/b13-12+. The minimum atomic E-state index is -3.55. The van der Waals surface area contributed by atoms with Gasteiger partial charge in [-0.15, -0.1) is 11.3 Å². The van der Waals surface area contributed by atoms with Crippen LogP contribution in [0.25, 0.3) is 11.6 Å². The lowest BCUT2D eigenvalue weighted by molar-refractivity contribution is 0.476. The molecule has 0 atom stereocenters. The maximum atomic E-state index is 12.8. The molecule has 0 radical (unpaired) electrons. The van der Waals surface area contributed by atoms with E-state index in [4.69, 9.17) is 5.73 Å². The van der Waals surface area contributed by atoms with Crippen molar-refractivity contribution in [3.05, 3.63) is 40.3 Å². The summed E-state index contributed by atoms with van der Waals surface area (Å²) < 4.78 is 28.3. The lowest BCUT2D eigenvalue weighted by atomic mass is 10.1. The molecule has 0 spiro atoms. The number of anilines is 2. The van der Waals surface area contributed by atoms with Gasteiger partial charge in [-0.1, -0.05) is 12.1 Å². The molecule has 0 bridgehead atoms. The van der Waals surface area contributed by atoms with Gasteiger partial charge in [-0.05, 0) is 43.0 Å². The first kappa shape index (κ1) is 17.9. The largest absolute Gasteiger partial charge is 0.397 e. The number of nitrogens with zero attached hydrogens (tertiary/aromatic N) is 3. The fraction of sp³-hybridized carbons (Fsp3) is 0.353. The fourth-order valence-corrected chi connectivity index (χ4v) is 4.99. The second-order valence-corrected chi connectivity index (χ2v) is 8.88. The molecule has 1 aliphatic heterocycles. The van der Waals surface area contributed by atoms with Crippen LogP contribution in [0.15, 0.2) is 29.8 Å². The fourth-order valence-electron chi connectivity index (χ4n) is 2.90. The van der Waals surface area contributed by atoms with Crippen LogP contribution in [0.2, 0.25) is 0 Å². The van der Waals surface area contributed by atoms with Crippen molar-refractivity contribution < 1.29 is 8.42 Å². The molecule has 0 saturated carbocycles. The van der Waals surface area contributed by atoms with Crippen LogP contribution in [0.4, 0.5) is 11.4 Å². The first-order chi connectivity index (χ1) is 11.9. The van der Waals surface area contributed by atoms with Crippen LogP contribution >= 0.6 is 11.3 Å². The van der Waals surface area contributed by atoms with Crippen molar-refractivity contribution in [2.75, 3.05) is 30.2 Å². The molecule has 1 aromatic carbocycles. The van der Waals surface area contributed by atoms with Gasteiger partial charge in [0.2, 0.25) is 0 Å². The van der Waals surface area contributed by atoms with Crippen molar-refractivity contribution in [2.45, 2.75) is 19.8 Å². The number of hydrogen-bond acceptors (Lipinski definition) is 5. The van der Waals surface area contributed by atoms with Gasteiger partial charge in [0, 0.05) is 31.7 Å². The van der Waals surface area contributed by atoms with E-state index in [2.05, 4.69) is 4.98 Å². The first-order valence-electron chi connectivity index (χ1n) is 8.12. The molecule has 0 unspecified atom stereocenters. The van der Waals surface area contributed by atoms with Crippen molar-refractivity contribution >= 4 is 44.6 Å². The normalized spacial score (nSPS) is 16.3. The molecule has 1 aromatic heterocycles. The number of nitrogens with two attached hydrogens (primary N) is 1. The Morgan fingerprint density at radius 1 is 1.36 bits per heavy atom. The Morgan fingerprint density at radius 3 is 2.72 bits per heavy atom. The number of nitrogen functional groups attached to an aromatic ring is 1. The summed E-state index contributed by atoms with van der Waals surface area (Å²) in [5.41, 5.74) is 9.01. The SMILES string of the molecule is C/C(=C\c1cccc(N(C)S(=O)(=O)N2CCCC2)c1N)c1nccs1. The van der Waals surface area contributed by atoms with Gasteiger partial charge in [-0.25, -0.2) is 4.98 Å². The number of allylic oxidation sites excluding steroid dienone is 1. The molecule has 2 heterocycles. The topological polar surface area (TPSA) is 79.5 Å². The Labute approximate surface area is 152 Å². The molecule has 2 aromatic rings. The summed E-state index contributed by atoms with van der Waals surface area (Å²) in [6.07, 6.45) is 5.50. The van der Waals surface area contributed by atoms with Gasteiger partial charge in [0.05, 0.1) is 11.4 Å². The zero-order chi connectivity index (χ0) is 18.0. The minimum absolute atomic E-state index is 0.448. The van der Waals surface area contributed by atoms with Crippen molar-refractivity contribution in [3.63, 3.8) is 0 Å². The molecule has 6 nitrogen and oxygen atoms in total. The second kappa shape index (κ2) is 7.15. The molecule has 3 rings (SSSR count). The molecule has 0 amide bonds. The summed E-state index contributed by atoms with van der Waals surface area (Å²) in [6, 6.07) is 5.44. The maximum Gasteiger partial charge on any atom is 0.303 e. The summed E-state index contributed by atoms with van der Waals surface area (Å²) in [4.78, 5) is 4.29. The Hall–Kier alpha value is -1.90. The van der Waals surface area contributed by atoms with Crippen molar-refractivity contribution in [3.8, 4) is 0 Å². The summed E-state index contributed by atoms with van der Waals surface area (Å²) >= 11 is 1.55. The van der Waals surface area contributed by atoms with E-state index in [-0.39, 0.29) is 0 Å². The number of para-hydroxylation sites is 1. The van der Waals surface area contributed by atoms with E-state index in [9.17, 15) is 8.42 Å². The number of benzene rings is 1. The average molecular weight is 379 g/mol. The third-order valence-electron chi connectivity index (χ3n) is 4.34. The molecular weight excluding hydrogens is 356 g/mol. The molecule has 8 heteroatoms. The summed E-state index contributed by atoms with van der Waals surface area (Å²) in [7, 11) is -1.99. The summed E-state index contributed by atoms with van der Waals surface area (Å²) in [6.45, 7) is 3.10. The van der Waals surface area contributed by atoms with Crippen LogP contribution in [-0.4, -0.2) is 37.8 Å². The number of thiazole rings is 1. The smallest absolute Gasteiger partial charge is 0.303 e. The van der Waals surface area contributed by atoms with Crippen molar-refractivity contribution in [1.29, 1.82) is 0 Å². The Bertz CT molecular complexity index is 870. The monoisotopic (exact) mass is 378 g/mol. The van der Waals surface area contributed by atoms with E-state index >= 15 is 0 Å². The quantitative estimate of drug-likeness (QED) is 0.811. The van der Waals surface area contributed by atoms with Gasteiger partial charge in [-0.3, -0.25) is 4.31 Å². The molecular formula is C17H22N4O2S2. The van der Waals surface area contributed by atoms with Crippen LogP contribution in [0.3, 0.4) is 0 Å². The zero-order valence-corrected chi connectivity index (χ0v) is 16.0. The van der Waals surface area contributed by atoms with Crippen molar-refractivity contribution in [1.82, 2.24) is 9.29 Å². The highest BCUT2D eigenvalue weighted by Gasteiger charge is 2.30. The van der Waals surface area contributed by atoms with Gasteiger partial charge >= 0.3 is 10.2 Å². The highest BCUT2D eigenvalue weighted by molar-refractivity contribution is 7.90. The number of rotatable bonds is 5. The van der Waals surface area contributed by atoms with E-state index in [1.54, 1.807) is 30.6 Å². The van der Waals surface area contributed by atoms with E-state index < -0.39 is 10.2 Å². The predicted octanol–water partition coefficient (Wildman–Crippen LogP) is 3.06. The van der Waals surface area contributed by atoms with Gasteiger partial charge < -0.3 is 5.73 Å². The molecule has 134 valence electrons. The third kappa shape index (κ3) is 3.56. The molecule has 1 fully saturated rings. The zero-order valence-electron chi connectivity index (χ0n) is 14.3. The number of hydrogen-bond donors (Lipinski definition) is 1. The number of aromatic nitrogens is 1. The lowest BCUT2D eigenvalue weighted by Gasteiger charge is -2.26. The van der Waals surface area contributed by atoms with Crippen LogP contribution in [0.5, 0.6) is 0 Å². The molecule has 1 saturated heterocycles.